The first-order chi connectivity index (χ1) is 39.8. The molecule has 2 saturated heterocycles. The SMILES string of the molecule is CCC1=C[C@H]2C[C@](C(=O)OC)(c3cc4c(cc3OC)N(C)[C@H]3[C@@](O)(C(=O)OC)[C@H](OC(C)=O)[C@]5(CC)C=CCN6CC[C@]43[C@@H]65)c3[nH]c4ccccc4c3C[N@@+](CC(=O)N3CCC[C@H]3C(=O)N[C@H](C(=O)OCc3ccccc3)[C@@H](C)CC)(C1)C2. The lowest BCUT2D eigenvalue weighted by atomic mass is 9.47. The van der Waals surface area contributed by atoms with Gasteiger partial charge in [0.05, 0.1) is 33.9 Å². The molecule has 2 amide bonds. The molecule has 7 heterocycles. The van der Waals surface area contributed by atoms with Crippen LogP contribution in [0, 0.1) is 17.3 Å². The zero-order valence-electron chi connectivity index (χ0n) is 49.5. The highest BCUT2D eigenvalue weighted by molar-refractivity contribution is 5.95. The maximum Gasteiger partial charge on any atom is 0.344 e. The molecule has 1 aromatic heterocycles. The van der Waals surface area contributed by atoms with Gasteiger partial charge in [-0.05, 0) is 79.8 Å². The molecule has 3 fully saturated rings. The van der Waals surface area contributed by atoms with E-state index in [2.05, 4.69) is 34.3 Å². The average molecular weight is 1140 g/mol. The van der Waals surface area contributed by atoms with Gasteiger partial charge in [-0.15, -0.1) is 0 Å². The monoisotopic (exact) mass is 1140 g/mol. The van der Waals surface area contributed by atoms with Crippen molar-refractivity contribution in [1.29, 1.82) is 0 Å². The van der Waals surface area contributed by atoms with E-state index in [1.165, 1.54) is 21.1 Å². The summed E-state index contributed by atoms with van der Waals surface area (Å²) in [5.41, 5.74) is 0.317. The number of likely N-dealkylation sites (tertiary alicyclic amines) is 1. The molecule has 0 radical (unpaired) electrons. The molecule has 11 rings (SSSR count). The molecule has 3 aromatic carbocycles. The van der Waals surface area contributed by atoms with Crippen LogP contribution in [0.25, 0.3) is 10.9 Å². The van der Waals surface area contributed by atoms with Gasteiger partial charge in [0.2, 0.25) is 11.5 Å². The predicted molar refractivity (Wildman–Crippen MR) is 310 cm³/mol. The van der Waals surface area contributed by atoms with E-state index < -0.39 is 70.0 Å². The third-order valence-corrected chi connectivity index (χ3v) is 20.4. The van der Waals surface area contributed by atoms with E-state index in [1.807, 2.05) is 106 Å². The van der Waals surface area contributed by atoms with Crippen molar-refractivity contribution in [2.45, 2.75) is 139 Å². The summed E-state index contributed by atoms with van der Waals surface area (Å²) in [5.74, 6) is -3.24. The van der Waals surface area contributed by atoms with Gasteiger partial charge in [0, 0.05) is 89.3 Å². The molecule has 83 heavy (non-hydrogen) atoms. The Labute approximate surface area is 486 Å². The van der Waals surface area contributed by atoms with Crippen molar-refractivity contribution in [3.8, 4) is 5.75 Å². The Hall–Kier alpha value is -7.02. The van der Waals surface area contributed by atoms with Crippen molar-refractivity contribution in [2.75, 3.05) is 72.5 Å². The molecule has 4 aromatic rings. The van der Waals surface area contributed by atoms with Crippen molar-refractivity contribution in [3.05, 3.63) is 118 Å². The molecular formula is C65H81N6O12+. The highest BCUT2D eigenvalue weighted by Crippen LogP contribution is 2.68. The summed E-state index contributed by atoms with van der Waals surface area (Å²) < 4.78 is 30.4. The fourth-order valence-corrected chi connectivity index (χ4v) is 16.9. The maximum atomic E-state index is 15.9. The second-order valence-electron chi connectivity index (χ2n) is 24.7. The minimum atomic E-state index is -2.37. The quantitative estimate of drug-likeness (QED) is 0.0472. The molecule has 442 valence electrons. The number of amides is 2. The topological polar surface area (TPSA) is 206 Å². The number of carbonyl (C=O) groups is 6. The van der Waals surface area contributed by atoms with Crippen molar-refractivity contribution in [1.82, 2.24) is 20.1 Å². The number of rotatable bonds is 16. The van der Waals surface area contributed by atoms with Crippen molar-refractivity contribution < 1.29 is 62.0 Å². The van der Waals surface area contributed by atoms with Crippen LogP contribution in [0.3, 0.4) is 0 Å². The lowest BCUT2D eigenvalue weighted by Gasteiger charge is -2.63. The average Bonchev–Trinajstić information content (AvgIpc) is 1.57. The number of H-pyrrole nitrogens is 1. The van der Waals surface area contributed by atoms with Crippen LogP contribution in [0.1, 0.15) is 108 Å². The van der Waals surface area contributed by atoms with Gasteiger partial charge in [-0.2, -0.15) is 0 Å². The van der Waals surface area contributed by atoms with Crippen LogP contribution in [0.5, 0.6) is 5.75 Å². The Morgan fingerprint density at radius 3 is 2.36 bits per heavy atom. The number of para-hydroxylation sites is 1. The summed E-state index contributed by atoms with van der Waals surface area (Å²) in [5, 5.41) is 17.5. The van der Waals surface area contributed by atoms with Gasteiger partial charge in [0.25, 0.3) is 5.91 Å². The number of aromatic nitrogens is 1. The number of carbonyl (C=O) groups excluding carboxylic acids is 6. The summed E-state index contributed by atoms with van der Waals surface area (Å²) in [4.78, 5) is 97.1. The number of aromatic amines is 1. The molecule has 1 aliphatic carbocycles. The number of aliphatic hydroxyl groups is 1. The van der Waals surface area contributed by atoms with Crippen LogP contribution in [0.15, 0.2) is 90.5 Å². The first-order valence-electron chi connectivity index (χ1n) is 29.7. The highest BCUT2D eigenvalue weighted by atomic mass is 16.6. The summed E-state index contributed by atoms with van der Waals surface area (Å²) >= 11 is 0. The highest BCUT2D eigenvalue weighted by Gasteiger charge is 2.80. The molecular weight excluding hydrogens is 1060 g/mol. The number of methoxy groups -OCH3 is 3. The van der Waals surface area contributed by atoms with Crippen LogP contribution >= 0.6 is 0 Å². The minimum Gasteiger partial charge on any atom is -0.496 e. The molecule has 3 N–H and O–H groups in total. The maximum absolute atomic E-state index is 15.9. The molecule has 18 nitrogen and oxygen atoms in total. The van der Waals surface area contributed by atoms with Crippen LogP contribution in [-0.4, -0.2) is 164 Å². The molecule has 6 aliphatic heterocycles. The normalized spacial score (nSPS) is 31.0. The zero-order chi connectivity index (χ0) is 59.0. The number of fused-ring (bicyclic) bond motifs is 6. The van der Waals surface area contributed by atoms with E-state index in [4.69, 9.17) is 23.7 Å². The zero-order valence-corrected chi connectivity index (χ0v) is 49.5. The van der Waals surface area contributed by atoms with E-state index in [1.54, 1.807) is 12.0 Å². The number of quaternary nitrogens is 1. The number of benzene rings is 3. The number of esters is 4. The number of hydrogen-bond donors (Lipinski definition) is 3. The molecule has 12 atom stereocenters. The van der Waals surface area contributed by atoms with Crippen molar-refractivity contribution >= 4 is 52.3 Å². The molecule has 1 spiro atoms. The minimum absolute atomic E-state index is 0.0747. The molecule has 18 heteroatoms. The van der Waals surface area contributed by atoms with Crippen molar-refractivity contribution in [2.24, 2.45) is 17.3 Å². The van der Waals surface area contributed by atoms with Gasteiger partial charge in [-0.3, -0.25) is 24.1 Å². The molecule has 0 unspecified atom stereocenters. The third-order valence-electron chi connectivity index (χ3n) is 20.4. The van der Waals surface area contributed by atoms with Gasteiger partial charge in [0.1, 0.15) is 42.9 Å². The fraction of sp³-hybridized carbons (Fsp3) is 0.538. The van der Waals surface area contributed by atoms with Crippen LogP contribution in [0.4, 0.5) is 5.69 Å². The van der Waals surface area contributed by atoms with E-state index in [0.717, 1.165) is 33.2 Å². The number of anilines is 1. The number of nitrogens with zero attached hydrogens (tertiary/aromatic N) is 4. The van der Waals surface area contributed by atoms with Crippen LogP contribution in [-0.2, 0) is 71.7 Å². The summed E-state index contributed by atoms with van der Waals surface area (Å²) in [6, 6.07) is 18.3. The number of nitrogens with one attached hydrogen (secondary N) is 2. The molecule has 2 bridgehead atoms. The van der Waals surface area contributed by atoms with Gasteiger partial charge in [-0.25, -0.2) is 9.59 Å². The lowest BCUT2D eigenvalue weighted by Crippen LogP contribution is -2.81. The van der Waals surface area contributed by atoms with Crippen LogP contribution < -0.4 is 15.0 Å². The van der Waals surface area contributed by atoms with Gasteiger partial charge in [-0.1, -0.05) is 101 Å². The Morgan fingerprint density at radius 2 is 1.66 bits per heavy atom. The van der Waals surface area contributed by atoms with E-state index >= 15 is 9.59 Å². The standard InChI is InChI=1S/C65H80N6O12/c1-10-39(4)53(56(75)82-38-42-20-14-13-15-21-42)67-55(74)49-24-18-28-70(49)52(73)37-71-34-41(11-2)30-43(35-71)33-64(60(76)80-8,54-45(36-71)44-22-16-17-23-48(44)66-54)47-31-46-50(32-51(47)79-7)68(6)58-63(46)26-29-69-27-19-25-62(12-3,57(63)69)59(83-40(5)72)65(58,78)61(77)81-9/h13-17,19-23,25,30-32,39,43,49,53,57-59,66,78H,10-12,18,24,26-29,33-38H2,1-9H3/p+1/t39-,43-,49-,53-,57-,58+,59+,62+,63+,64-,65-,71+/m0/s1. The molecule has 1 saturated carbocycles. The van der Waals surface area contributed by atoms with Gasteiger partial charge < -0.3 is 53.4 Å². The largest absolute Gasteiger partial charge is 0.496 e. The summed E-state index contributed by atoms with van der Waals surface area (Å²) in [6.45, 7) is 12.4. The van der Waals surface area contributed by atoms with Gasteiger partial charge >= 0.3 is 23.9 Å². The predicted octanol–water partition coefficient (Wildman–Crippen LogP) is 6.53. The van der Waals surface area contributed by atoms with E-state index in [-0.39, 0.29) is 49.3 Å². The Balaban J connectivity index is 1.02. The number of hydrogen-bond acceptors (Lipinski definition) is 14. The fourth-order valence-electron chi connectivity index (χ4n) is 16.9. The second-order valence-corrected chi connectivity index (χ2v) is 24.7. The summed E-state index contributed by atoms with van der Waals surface area (Å²) in [7, 11) is 6.08. The molecule has 7 aliphatic rings. The lowest BCUT2D eigenvalue weighted by molar-refractivity contribution is -0.934. The number of ether oxygens (including phenoxy) is 5. The summed E-state index contributed by atoms with van der Waals surface area (Å²) in [6.07, 6.45) is 8.56. The Morgan fingerprint density at radius 1 is 0.916 bits per heavy atom. The second kappa shape index (κ2) is 21.9. The third kappa shape index (κ3) is 8.89. The smallest absolute Gasteiger partial charge is 0.344 e. The first-order valence-corrected chi connectivity index (χ1v) is 29.7. The Kier molecular flexibility index (Phi) is 15.2. The van der Waals surface area contributed by atoms with E-state index in [0.29, 0.717) is 105 Å². The van der Waals surface area contributed by atoms with Crippen molar-refractivity contribution in [3.63, 3.8) is 0 Å². The van der Waals surface area contributed by atoms with E-state index in [9.17, 15) is 24.3 Å². The Bertz CT molecular complexity index is 3310. The number of likely N-dealkylation sites (N-methyl/N-ethyl adjacent to an activating group) is 1. The van der Waals surface area contributed by atoms with Crippen LogP contribution in [0.2, 0.25) is 0 Å². The first kappa shape index (κ1) is 57.8. The van der Waals surface area contributed by atoms with Gasteiger partial charge in [0.15, 0.2) is 12.6 Å².